The molecule has 5 heteroatoms. The van der Waals surface area contributed by atoms with Gasteiger partial charge in [-0.3, -0.25) is 9.78 Å². The molecule has 3 atom stereocenters. The summed E-state index contributed by atoms with van der Waals surface area (Å²) < 4.78 is 7.87. The number of ether oxygens (including phenoxy) is 1. The third-order valence-corrected chi connectivity index (χ3v) is 6.21. The molecular weight excluding hydrogens is 362 g/mol. The lowest BCUT2D eigenvalue weighted by Crippen LogP contribution is -2.28. The lowest BCUT2D eigenvalue weighted by atomic mass is 10.1. The van der Waals surface area contributed by atoms with Gasteiger partial charge in [0.2, 0.25) is 5.91 Å². The van der Waals surface area contributed by atoms with Crippen molar-refractivity contribution < 1.29 is 9.53 Å². The molecule has 0 spiro atoms. The first-order valence-electron chi connectivity index (χ1n) is 10.5. The van der Waals surface area contributed by atoms with Crippen LogP contribution in [-0.2, 0) is 11.8 Å². The van der Waals surface area contributed by atoms with E-state index in [4.69, 9.17) is 4.74 Å². The van der Waals surface area contributed by atoms with Crippen LogP contribution in [-0.4, -0.2) is 22.1 Å². The summed E-state index contributed by atoms with van der Waals surface area (Å²) in [5.41, 5.74) is 3.33. The minimum Gasteiger partial charge on any atom is -0.492 e. The molecule has 1 amide bonds. The van der Waals surface area contributed by atoms with Crippen LogP contribution in [0.5, 0.6) is 5.75 Å². The molecule has 150 valence electrons. The highest BCUT2D eigenvalue weighted by Gasteiger charge is 2.44. The number of nitrogens with one attached hydrogen (secondary N) is 1. The minimum absolute atomic E-state index is 0.0521. The second kappa shape index (κ2) is 7.21. The van der Waals surface area contributed by atoms with Gasteiger partial charge >= 0.3 is 0 Å². The highest BCUT2D eigenvalue weighted by atomic mass is 16.5. The van der Waals surface area contributed by atoms with Crippen LogP contribution in [0.1, 0.15) is 49.4 Å². The Bertz CT molecular complexity index is 1040. The van der Waals surface area contributed by atoms with Gasteiger partial charge in [0.05, 0.1) is 24.5 Å². The number of aromatic nitrogens is 2. The van der Waals surface area contributed by atoms with Crippen molar-refractivity contribution in [3.63, 3.8) is 0 Å². The summed E-state index contributed by atoms with van der Waals surface area (Å²) in [6, 6.07) is 12.4. The van der Waals surface area contributed by atoms with Crippen molar-refractivity contribution in [1.82, 2.24) is 14.9 Å². The summed E-state index contributed by atoms with van der Waals surface area (Å²) in [4.78, 5) is 17.2. The van der Waals surface area contributed by atoms with Crippen molar-refractivity contribution in [3.05, 3.63) is 60.0 Å². The predicted octanol–water partition coefficient (Wildman–Crippen LogP) is 4.34. The first kappa shape index (κ1) is 18.2. The van der Waals surface area contributed by atoms with Crippen LogP contribution >= 0.6 is 0 Å². The third-order valence-electron chi connectivity index (χ3n) is 6.21. The molecule has 1 aromatic carbocycles. The summed E-state index contributed by atoms with van der Waals surface area (Å²) >= 11 is 0. The van der Waals surface area contributed by atoms with Crippen LogP contribution in [0, 0.1) is 11.8 Å². The van der Waals surface area contributed by atoms with Crippen molar-refractivity contribution in [2.75, 3.05) is 6.61 Å². The quantitative estimate of drug-likeness (QED) is 0.654. The Labute approximate surface area is 171 Å². The Morgan fingerprint density at radius 1 is 1.28 bits per heavy atom. The topological polar surface area (TPSA) is 56.2 Å². The molecule has 2 aliphatic rings. The van der Waals surface area contributed by atoms with Gasteiger partial charge in [0.25, 0.3) is 0 Å². The summed E-state index contributed by atoms with van der Waals surface area (Å²) in [6.45, 7) is 2.77. The third kappa shape index (κ3) is 3.86. The molecule has 0 radical (unpaired) electrons. The van der Waals surface area contributed by atoms with Crippen molar-refractivity contribution >= 4 is 16.8 Å². The number of nitrogens with zero attached hydrogens (tertiary/aromatic N) is 2. The first-order valence-corrected chi connectivity index (χ1v) is 10.5. The molecule has 0 saturated heterocycles. The van der Waals surface area contributed by atoms with Gasteiger partial charge in [0, 0.05) is 24.7 Å². The van der Waals surface area contributed by atoms with Gasteiger partial charge in [-0.25, -0.2) is 0 Å². The van der Waals surface area contributed by atoms with E-state index in [0.29, 0.717) is 5.92 Å². The molecule has 0 bridgehead atoms. The van der Waals surface area contributed by atoms with Gasteiger partial charge < -0.3 is 14.6 Å². The molecule has 3 aromatic rings. The number of rotatable bonds is 7. The molecule has 2 aliphatic carbocycles. The molecular formula is C24H27N3O2. The maximum Gasteiger partial charge on any atom is 0.224 e. The lowest BCUT2D eigenvalue weighted by molar-refractivity contribution is -0.123. The molecule has 2 fully saturated rings. The Morgan fingerprint density at radius 2 is 2.14 bits per heavy atom. The van der Waals surface area contributed by atoms with E-state index in [1.54, 1.807) is 6.20 Å². The van der Waals surface area contributed by atoms with E-state index < -0.39 is 0 Å². The second-order valence-corrected chi connectivity index (χ2v) is 8.60. The van der Waals surface area contributed by atoms with E-state index in [1.807, 2.05) is 19.1 Å². The summed E-state index contributed by atoms with van der Waals surface area (Å²) in [5.74, 6) is 2.01. The zero-order valence-corrected chi connectivity index (χ0v) is 17.0. The normalized spacial score (nSPS) is 21.7. The summed E-state index contributed by atoms with van der Waals surface area (Å²) in [6.07, 6.45) is 7.29. The monoisotopic (exact) mass is 389 g/mol. The fraction of sp³-hybridized carbons (Fsp3) is 0.417. The van der Waals surface area contributed by atoms with Crippen molar-refractivity contribution in [3.8, 4) is 5.75 Å². The molecule has 2 saturated carbocycles. The van der Waals surface area contributed by atoms with Crippen molar-refractivity contribution in [2.45, 2.75) is 38.1 Å². The summed E-state index contributed by atoms with van der Waals surface area (Å²) in [7, 11) is 2.06. The average molecular weight is 389 g/mol. The number of pyridine rings is 1. The Hall–Kier alpha value is -2.82. The maximum absolute atomic E-state index is 12.7. The molecule has 1 N–H and O–H groups in total. The van der Waals surface area contributed by atoms with Gasteiger partial charge in [-0.15, -0.1) is 0 Å². The number of amides is 1. The molecule has 2 unspecified atom stereocenters. The van der Waals surface area contributed by atoms with E-state index in [-0.39, 0.29) is 17.9 Å². The van der Waals surface area contributed by atoms with Gasteiger partial charge in [0.1, 0.15) is 5.75 Å². The number of aryl methyl sites for hydroxylation is 1. The van der Waals surface area contributed by atoms with Gasteiger partial charge in [0.15, 0.2) is 0 Å². The second-order valence-electron chi connectivity index (χ2n) is 8.60. The number of hydrogen-bond acceptors (Lipinski definition) is 3. The fourth-order valence-corrected chi connectivity index (χ4v) is 3.99. The number of carbonyl (C=O) groups is 1. The number of hydrogen-bond donors (Lipinski definition) is 1. The van der Waals surface area contributed by atoms with E-state index >= 15 is 0 Å². The van der Waals surface area contributed by atoms with E-state index in [1.165, 1.54) is 29.3 Å². The van der Waals surface area contributed by atoms with Crippen LogP contribution < -0.4 is 10.1 Å². The van der Waals surface area contributed by atoms with Crippen molar-refractivity contribution in [2.24, 2.45) is 18.9 Å². The van der Waals surface area contributed by atoms with Crippen molar-refractivity contribution in [1.29, 1.82) is 0 Å². The Balaban J connectivity index is 1.18. The average Bonchev–Trinajstić information content (AvgIpc) is 3.65. The molecule has 5 rings (SSSR count). The molecule has 2 heterocycles. The largest absolute Gasteiger partial charge is 0.492 e. The molecule has 2 aromatic heterocycles. The Kier molecular flexibility index (Phi) is 4.53. The maximum atomic E-state index is 12.7. The summed E-state index contributed by atoms with van der Waals surface area (Å²) in [5, 5.41) is 4.37. The van der Waals surface area contributed by atoms with Crippen LogP contribution in [0.3, 0.4) is 0 Å². The van der Waals surface area contributed by atoms with Gasteiger partial charge in [-0.05, 0) is 73.2 Å². The Morgan fingerprint density at radius 3 is 2.90 bits per heavy atom. The van der Waals surface area contributed by atoms with E-state index in [0.717, 1.165) is 30.4 Å². The fourth-order valence-electron chi connectivity index (χ4n) is 3.99. The van der Waals surface area contributed by atoms with E-state index in [2.05, 4.69) is 52.4 Å². The predicted molar refractivity (Wildman–Crippen MR) is 113 cm³/mol. The smallest absolute Gasteiger partial charge is 0.224 e. The standard InChI is InChI=1S/C24H27N3O2/c1-15(22-8-7-19(13-25-22)29-14-16-3-4-16)26-24(28)21-12-20(21)18-6-5-17-9-10-27(2)23(17)11-18/h5-11,13,15-16,20-21H,3-4,12,14H2,1-2H3,(H,26,28)/t15-,20?,21?/m1/s1. The first-order chi connectivity index (χ1) is 14.1. The van der Waals surface area contributed by atoms with Gasteiger partial charge in [-0.2, -0.15) is 0 Å². The van der Waals surface area contributed by atoms with Crippen LogP contribution in [0.2, 0.25) is 0 Å². The highest BCUT2D eigenvalue weighted by molar-refractivity contribution is 5.85. The molecule has 0 aliphatic heterocycles. The number of fused-ring (bicyclic) bond motifs is 1. The van der Waals surface area contributed by atoms with Gasteiger partial charge in [-0.1, -0.05) is 12.1 Å². The minimum atomic E-state index is -0.114. The highest BCUT2D eigenvalue weighted by Crippen LogP contribution is 2.48. The zero-order chi connectivity index (χ0) is 20.0. The number of benzene rings is 1. The van der Waals surface area contributed by atoms with Crippen LogP contribution in [0.25, 0.3) is 10.9 Å². The van der Waals surface area contributed by atoms with E-state index in [9.17, 15) is 4.79 Å². The zero-order valence-electron chi connectivity index (χ0n) is 17.0. The SMILES string of the molecule is C[C@@H](NC(=O)C1CC1c1ccc2ccn(C)c2c1)c1ccc(OCC2CC2)cn1. The van der Waals surface area contributed by atoms with Crippen LogP contribution in [0.4, 0.5) is 0 Å². The lowest BCUT2D eigenvalue weighted by Gasteiger charge is -2.14. The number of carbonyl (C=O) groups excluding carboxylic acids is 1. The van der Waals surface area contributed by atoms with Crippen LogP contribution in [0.15, 0.2) is 48.8 Å². The molecule has 5 nitrogen and oxygen atoms in total. The molecule has 29 heavy (non-hydrogen) atoms.